The molecule has 0 amide bonds. The molecule has 2 heteroatoms. The highest BCUT2D eigenvalue weighted by Crippen LogP contribution is 2.27. The summed E-state index contributed by atoms with van der Waals surface area (Å²) >= 11 is 0. The Morgan fingerprint density at radius 3 is 2.77 bits per heavy atom. The molecule has 0 aromatic heterocycles. The predicted octanol–water partition coefficient (Wildman–Crippen LogP) is 2.33. The third-order valence-corrected chi connectivity index (χ3v) is 2.91. The van der Waals surface area contributed by atoms with E-state index in [1.54, 1.807) is 0 Å². The highest BCUT2D eigenvalue weighted by atomic mass is 16.5. The first-order chi connectivity index (χ1) is 6.06. The van der Waals surface area contributed by atoms with Crippen molar-refractivity contribution < 1.29 is 4.74 Å². The maximum Gasteiger partial charge on any atom is 0.0666 e. The summed E-state index contributed by atoms with van der Waals surface area (Å²) in [7, 11) is 0. The molecule has 1 saturated heterocycles. The van der Waals surface area contributed by atoms with Gasteiger partial charge in [-0.15, -0.1) is 0 Å². The molecule has 1 rings (SSSR count). The van der Waals surface area contributed by atoms with Gasteiger partial charge < -0.3 is 10.1 Å². The van der Waals surface area contributed by atoms with Gasteiger partial charge in [0.2, 0.25) is 0 Å². The van der Waals surface area contributed by atoms with Crippen molar-refractivity contribution in [3.05, 3.63) is 0 Å². The second kappa shape index (κ2) is 4.43. The molecule has 2 unspecified atom stereocenters. The van der Waals surface area contributed by atoms with Crippen molar-refractivity contribution in [3.63, 3.8) is 0 Å². The van der Waals surface area contributed by atoms with Gasteiger partial charge in [-0.1, -0.05) is 20.8 Å². The zero-order valence-electron chi connectivity index (χ0n) is 9.39. The molecule has 1 aliphatic heterocycles. The molecule has 0 bridgehead atoms. The van der Waals surface area contributed by atoms with Crippen LogP contribution in [-0.2, 0) is 4.74 Å². The highest BCUT2D eigenvalue weighted by Gasteiger charge is 2.31. The van der Waals surface area contributed by atoms with Crippen LogP contribution in [0.4, 0.5) is 0 Å². The Balaban J connectivity index is 2.42. The van der Waals surface area contributed by atoms with Crippen LogP contribution in [0, 0.1) is 0 Å². The topological polar surface area (TPSA) is 21.3 Å². The smallest absolute Gasteiger partial charge is 0.0666 e. The molecule has 1 aliphatic rings. The maximum atomic E-state index is 5.79. The van der Waals surface area contributed by atoms with E-state index in [1.807, 2.05) is 0 Å². The van der Waals surface area contributed by atoms with E-state index >= 15 is 0 Å². The van der Waals surface area contributed by atoms with Gasteiger partial charge in [0.15, 0.2) is 0 Å². The fraction of sp³-hybridized carbons (Fsp3) is 1.00. The number of hydrogen-bond donors (Lipinski definition) is 1. The Kier molecular flexibility index (Phi) is 3.74. The van der Waals surface area contributed by atoms with E-state index in [9.17, 15) is 0 Å². The van der Waals surface area contributed by atoms with Crippen LogP contribution in [0.25, 0.3) is 0 Å². The van der Waals surface area contributed by atoms with Crippen molar-refractivity contribution in [1.29, 1.82) is 0 Å². The first-order valence-corrected chi connectivity index (χ1v) is 5.46. The van der Waals surface area contributed by atoms with Crippen molar-refractivity contribution in [1.82, 2.24) is 5.32 Å². The molecule has 13 heavy (non-hydrogen) atoms. The van der Waals surface area contributed by atoms with E-state index in [0.29, 0.717) is 12.1 Å². The minimum Gasteiger partial charge on any atom is -0.375 e. The van der Waals surface area contributed by atoms with E-state index in [2.05, 4.69) is 33.0 Å². The molecule has 2 atom stereocenters. The fourth-order valence-electron chi connectivity index (χ4n) is 1.99. The summed E-state index contributed by atoms with van der Waals surface area (Å²) in [5.74, 6) is 0. The lowest BCUT2D eigenvalue weighted by Gasteiger charge is -2.38. The standard InChI is InChI=1S/C11H23NO/c1-5-11(4)8-10(6-7-13-11)12-9(2)3/h9-10,12H,5-8H2,1-4H3. The van der Waals surface area contributed by atoms with Gasteiger partial charge in [0, 0.05) is 18.7 Å². The zero-order valence-corrected chi connectivity index (χ0v) is 9.39. The molecule has 0 aromatic rings. The quantitative estimate of drug-likeness (QED) is 0.728. The summed E-state index contributed by atoms with van der Waals surface area (Å²) in [6.45, 7) is 9.76. The van der Waals surface area contributed by atoms with Gasteiger partial charge in [0.05, 0.1) is 5.60 Å². The number of rotatable bonds is 3. The molecule has 0 saturated carbocycles. The van der Waals surface area contributed by atoms with Gasteiger partial charge in [0.1, 0.15) is 0 Å². The molecule has 1 fully saturated rings. The van der Waals surface area contributed by atoms with Gasteiger partial charge in [-0.3, -0.25) is 0 Å². The average Bonchev–Trinajstić information content (AvgIpc) is 2.03. The summed E-state index contributed by atoms with van der Waals surface area (Å²) in [4.78, 5) is 0. The predicted molar refractivity (Wildman–Crippen MR) is 55.9 cm³/mol. The lowest BCUT2D eigenvalue weighted by Crippen LogP contribution is -2.46. The SMILES string of the molecule is CCC1(C)CC(NC(C)C)CCO1. The van der Waals surface area contributed by atoms with Crippen molar-refractivity contribution >= 4 is 0 Å². The Morgan fingerprint density at radius 1 is 1.54 bits per heavy atom. The number of ether oxygens (including phenoxy) is 1. The van der Waals surface area contributed by atoms with Crippen LogP contribution in [0.3, 0.4) is 0 Å². The highest BCUT2D eigenvalue weighted by molar-refractivity contribution is 4.85. The summed E-state index contributed by atoms with van der Waals surface area (Å²) in [6, 6.07) is 1.24. The van der Waals surface area contributed by atoms with Crippen LogP contribution < -0.4 is 5.32 Å². The lowest BCUT2D eigenvalue weighted by atomic mass is 9.89. The van der Waals surface area contributed by atoms with Crippen molar-refractivity contribution in [2.45, 2.75) is 64.6 Å². The second-order valence-electron chi connectivity index (χ2n) is 4.66. The van der Waals surface area contributed by atoms with Gasteiger partial charge in [-0.25, -0.2) is 0 Å². The van der Waals surface area contributed by atoms with Crippen molar-refractivity contribution in [3.8, 4) is 0 Å². The van der Waals surface area contributed by atoms with Gasteiger partial charge in [0.25, 0.3) is 0 Å². The van der Waals surface area contributed by atoms with Crippen molar-refractivity contribution in [2.24, 2.45) is 0 Å². The summed E-state index contributed by atoms with van der Waals surface area (Å²) in [5, 5.41) is 3.59. The van der Waals surface area contributed by atoms with Crippen LogP contribution in [0.15, 0.2) is 0 Å². The second-order valence-corrected chi connectivity index (χ2v) is 4.66. The van der Waals surface area contributed by atoms with E-state index < -0.39 is 0 Å². The molecule has 0 aromatic carbocycles. The third-order valence-electron chi connectivity index (χ3n) is 2.91. The largest absolute Gasteiger partial charge is 0.375 e. The summed E-state index contributed by atoms with van der Waals surface area (Å²) < 4.78 is 5.79. The van der Waals surface area contributed by atoms with Gasteiger partial charge in [-0.05, 0) is 26.2 Å². The summed E-state index contributed by atoms with van der Waals surface area (Å²) in [6.07, 6.45) is 3.43. The molecule has 1 heterocycles. The number of hydrogen-bond acceptors (Lipinski definition) is 2. The average molecular weight is 185 g/mol. The third kappa shape index (κ3) is 3.28. The van der Waals surface area contributed by atoms with Crippen molar-refractivity contribution in [2.75, 3.05) is 6.61 Å². The van der Waals surface area contributed by atoms with Crippen LogP contribution in [0.1, 0.15) is 47.0 Å². The zero-order chi connectivity index (χ0) is 9.90. The monoisotopic (exact) mass is 185 g/mol. The van der Waals surface area contributed by atoms with Crippen LogP contribution in [0.5, 0.6) is 0 Å². The van der Waals surface area contributed by atoms with E-state index in [4.69, 9.17) is 4.74 Å². The minimum atomic E-state index is 0.116. The molecule has 2 nitrogen and oxygen atoms in total. The first kappa shape index (κ1) is 11.0. The Hall–Kier alpha value is -0.0800. The van der Waals surface area contributed by atoms with Crippen LogP contribution in [-0.4, -0.2) is 24.3 Å². The Labute approximate surface area is 82.0 Å². The first-order valence-electron chi connectivity index (χ1n) is 5.46. The molecule has 78 valence electrons. The molecular weight excluding hydrogens is 162 g/mol. The molecule has 0 radical (unpaired) electrons. The molecule has 0 spiro atoms. The molecule has 0 aliphatic carbocycles. The Bertz CT molecular complexity index is 158. The van der Waals surface area contributed by atoms with E-state index in [-0.39, 0.29) is 5.60 Å². The normalized spacial score (nSPS) is 35.3. The fourth-order valence-corrected chi connectivity index (χ4v) is 1.99. The van der Waals surface area contributed by atoms with Gasteiger partial charge in [-0.2, -0.15) is 0 Å². The summed E-state index contributed by atoms with van der Waals surface area (Å²) in [5.41, 5.74) is 0.116. The lowest BCUT2D eigenvalue weighted by molar-refractivity contribution is -0.0786. The maximum absolute atomic E-state index is 5.79. The van der Waals surface area contributed by atoms with Gasteiger partial charge >= 0.3 is 0 Å². The molecule has 1 N–H and O–H groups in total. The number of nitrogens with one attached hydrogen (secondary N) is 1. The van der Waals surface area contributed by atoms with E-state index in [0.717, 1.165) is 25.9 Å². The van der Waals surface area contributed by atoms with E-state index in [1.165, 1.54) is 0 Å². The van der Waals surface area contributed by atoms with Crippen LogP contribution in [0.2, 0.25) is 0 Å². The molecular formula is C11H23NO. The van der Waals surface area contributed by atoms with Crippen LogP contribution >= 0.6 is 0 Å². The minimum absolute atomic E-state index is 0.116. The Morgan fingerprint density at radius 2 is 2.23 bits per heavy atom.